The van der Waals surface area contributed by atoms with Crippen LogP contribution in [0.2, 0.25) is 0 Å². The quantitative estimate of drug-likeness (QED) is 0.924. The lowest BCUT2D eigenvalue weighted by Crippen LogP contribution is -2.30. The third-order valence-electron chi connectivity index (χ3n) is 4.32. The lowest BCUT2D eigenvalue weighted by molar-refractivity contribution is 0.0742. The van der Waals surface area contributed by atoms with Crippen molar-refractivity contribution >= 4 is 15.9 Å². The minimum Gasteiger partial charge on any atom is -0.335 e. The van der Waals surface area contributed by atoms with E-state index in [0.717, 1.165) is 11.1 Å². The third kappa shape index (κ3) is 3.83. The van der Waals surface area contributed by atoms with Gasteiger partial charge in [0.15, 0.2) is 0 Å². The number of nitrogens with two attached hydrogens (primary N) is 1. The number of carbonyl (C=O) groups excluding carboxylic acids is 1. The van der Waals surface area contributed by atoms with Crippen molar-refractivity contribution in [2.45, 2.75) is 31.7 Å². The Kier molecular flexibility index (Phi) is 5.11. The average Bonchev–Trinajstić information content (AvgIpc) is 2.54. The molecule has 2 aromatic carbocycles. The van der Waals surface area contributed by atoms with Gasteiger partial charge in [0.05, 0.1) is 10.9 Å². The molecule has 0 fully saturated rings. The van der Waals surface area contributed by atoms with Gasteiger partial charge in [0.1, 0.15) is 0 Å². The third-order valence-corrected chi connectivity index (χ3v) is 5.24. The highest BCUT2D eigenvalue weighted by atomic mass is 32.2. The van der Waals surface area contributed by atoms with E-state index in [1.54, 1.807) is 30.1 Å². The maximum absolute atomic E-state index is 12.7. The van der Waals surface area contributed by atoms with Gasteiger partial charge in [-0.25, -0.2) is 13.6 Å². The molecule has 128 valence electrons. The highest BCUT2D eigenvalue weighted by Crippen LogP contribution is 2.23. The first kappa shape index (κ1) is 18.2. The number of benzene rings is 2. The second kappa shape index (κ2) is 6.75. The van der Waals surface area contributed by atoms with Crippen molar-refractivity contribution in [1.82, 2.24) is 4.90 Å². The number of rotatable bonds is 4. The topological polar surface area (TPSA) is 80.5 Å². The fourth-order valence-corrected chi connectivity index (χ4v) is 3.00. The Morgan fingerprint density at radius 2 is 1.75 bits per heavy atom. The molecule has 0 unspecified atom stereocenters. The van der Waals surface area contributed by atoms with E-state index in [4.69, 9.17) is 5.14 Å². The average molecular weight is 346 g/mol. The first-order valence-electron chi connectivity index (χ1n) is 7.58. The number of carbonyl (C=O) groups is 1. The largest absolute Gasteiger partial charge is 0.335 e. The van der Waals surface area contributed by atoms with Gasteiger partial charge in [0.2, 0.25) is 10.0 Å². The zero-order chi connectivity index (χ0) is 18.1. The number of hydrogen-bond acceptors (Lipinski definition) is 3. The Bertz CT molecular complexity index is 876. The van der Waals surface area contributed by atoms with Crippen molar-refractivity contribution < 1.29 is 13.2 Å². The van der Waals surface area contributed by atoms with Crippen LogP contribution in [0.15, 0.2) is 47.4 Å². The van der Waals surface area contributed by atoms with Gasteiger partial charge >= 0.3 is 0 Å². The zero-order valence-corrected chi connectivity index (χ0v) is 15.1. The van der Waals surface area contributed by atoms with E-state index >= 15 is 0 Å². The molecule has 0 radical (unpaired) electrons. The molecule has 0 aliphatic rings. The minimum absolute atomic E-state index is 0.0406. The Morgan fingerprint density at radius 1 is 1.08 bits per heavy atom. The molecule has 0 aromatic heterocycles. The van der Waals surface area contributed by atoms with Crippen LogP contribution < -0.4 is 5.14 Å². The van der Waals surface area contributed by atoms with E-state index in [-0.39, 0.29) is 16.8 Å². The van der Waals surface area contributed by atoms with Crippen LogP contribution in [0, 0.1) is 13.8 Å². The predicted molar refractivity (Wildman–Crippen MR) is 94.2 cm³/mol. The van der Waals surface area contributed by atoms with Gasteiger partial charge in [-0.3, -0.25) is 4.79 Å². The van der Waals surface area contributed by atoms with Gasteiger partial charge < -0.3 is 4.90 Å². The first-order valence-corrected chi connectivity index (χ1v) is 9.13. The highest BCUT2D eigenvalue weighted by Gasteiger charge is 2.20. The molecule has 2 N–H and O–H groups in total. The lowest BCUT2D eigenvalue weighted by Gasteiger charge is -2.26. The zero-order valence-electron chi connectivity index (χ0n) is 14.3. The molecule has 0 spiro atoms. The van der Waals surface area contributed by atoms with Gasteiger partial charge in [-0.15, -0.1) is 0 Å². The van der Waals surface area contributed by atoms with Gasteiger partial charge in [-0.2, -0.15) is 0 Å². The van der Waals surface area contributed by atoms with Crippen molar-refractivity contribution in [3.8, 4) is 0 Å². The van der Waals surface area contributed by atoms with Gasteiger partial charge in [-0.05, 0) is 61.7 Å². The molecule has 5 nitrogen and oxygen atoms in total. The fourth-order valence-electron chi connectivity index (χ4n) is 2.43. The van der Waals surface area contributed by atoms with Gasteiger partial charge in [-0.1, -0.05) is 18.2 Å². The molecule has 2 rings (SSSR count). The fraction of sp³-hybridized carbons (Fsp3) is 0.278. The molecule has 0 aliphatic carbocycles. The molecule has 0 saturated heterocycles. The van der Waals surface area contributed by atoms with E-state index in [1.807, 2.05) is 32.9 Å². The highest BCUT2D eigenvalue weighted by molar-refractivity contribution is 7.89. The first-order chi connectivity index (χ1) is 11.1. The summed E-state index contributed by atoms with van der Waals surface area (Å²) in [4.78, 5) is 14.3. The molecule has 24 heavy (non-hydrogen) atoms. The van der Waals surface area contributed by atoms with Crippen LogP contribution in [0.4, 0.5) is 0 Å². The predicted octanol–water partition coefficient (Wildman–Crippen LogP) is 2.78. The van der Waals surface area contributed by atoms with Gasteiger partial charge in [0, 0.05) is 12.6 Å². The minimum atomic E-state index is -3.77. The summed E-state index contributed by atoms with van der Waals surface area (Å²) in [6, 6.07) is 11.6. The summed E-state index contributed by atoms with van der Waals surface area (Å²) < 4.78 is 23.0. The summed E-state index contributed by atoms with van der Waals surface area (Å²) >= 11 is 0. The van der Waals surface area contributed by atoms with E-state index < -0.39 is 10.0 Å². The molecule has 0 saturated carbocycles. The molecule has 0 aliphatic heterocycles. The molecular weight excluding hydrogens is 324 g/mol. The van der Waals surface area contributed by atoms with Gasteiger partial charge in [0.25, 0.3) is 5.91 Å². The second-order valence-electron chi connectivity index (χ2n) is 6.01. The maximum atomic E-state index is 12.7. The second-order valence-corrected chi connectivity index (χ2v) is 7.57. The van der Waals surface area contributed by atoms with Crippen LogP contribution in [0.25, 0.3) is 0 Å². The maximum Gasteiger partial charge on any atom is 0.254 e. The number of sulfonamides is 1. The molecule has 2 aromatic rings. The summed E-state index contributed by atoms with van der Waals surface area (Å²) in [5, 5.41) is 5.18. The van der Waals surface area contributed by atoms with Crippen LogP contribution in [0.5, 0.6) is 0 Å². The monoisotopic (exact) mass is 346 g/mol. The van der Waals surface area contributed by atoms with Crippen molar-refractivity contribution in [3.63, 3.8) is 0 Å². The smallest absolute Gasteiger partial charge is 0.254 e. The Labute approximate surface area is 143 Å². The molecule has 1 atom stereocenters. The molecule has 1 amide bonds. The van der Waals surface area contributed by atoms with Crippen LogP contribution in [-0.4, -0.2) is 26.3 Å². The number of hydrogen-bond donors (Lipinski definition) is 1. The van der Waals surface area contributed by atoms with Crippen LogP contribution in [0.1, 0.15) is 40.0 Å². The Morgan fingerprint density at radius 3 is 2.33 bits per heavy atom. The summed E-state index contributed by atoms with van der Waals surface area (Å²) in [6.45, 7) is 5.81. The summed E-state index contributed by atoms with van der Waals surface area (Å²) in [7, 11) is -2.07. The normalized spacial score (nSPS) is 12.7. The molecule has 0 heterocycles. The van der Waals surface area contributed by atoms with E-state index in [0.29, 0.717) is 11.1 Å². The van der Waals surface area contributed by atoms with Crippen molar-refractivity contribution in [2.24, 2.45) is 5.14 Å². The number of amides is 1. The Hall–Kier alpha value is -2.18. The van der Waals surface area contributed by atoms with Crippen LogP contribution in [-0.2, 0) is 10.0 Å². The summed E-state index contributed by atoms with van der Waals surface area (Å²) in [5.41, 5.74) is 3.50. The van der Waals surface area contributed by atoms with Crippen molar-refractivity contribution in [1.29, 1.82) is 0 Å². The van der Waals surface area contributed by atoms with Crippen molar-refractivity contribution in [2.75, 3.05) is 7.05 Å². The van der Waals surface area contributed by atoms with Crippen LogP contribution in [0.3, 0.4) is 0 Å². The molecule has 6 heteroatoms. The van der Waals surface area contributed by atoms with Crippen LogP contribution >= 0.6 is 0 Å². The van der Waals surface area contributed by atoms with E-state index in [2.05, 4.69) is 0 Å². The van der Waals surface area contributed by atoms with E-state index in [1.165, 1.54) is 12.1 Å². The molecule has 0 bridgehead atoms. The van der Waals surface area contributed by atoms with E-state index in [9.17, 15) is 13.2 Å². The number of nitrogens with zero attached hydrogens (tertiary/aromatic N) is 1. The summed E-state index contributed by atoms with van der Waals surface area (Å²) in [6.07, 6.45) is 0. The standard InChI is InChI=1S/C18H22N2O3S/c1-12-8-9-16(10-13(12)2)18(21)20(4)14(3)15-6-5-7-17(11-15)24(19,22)23/h5-11,14H,1-4H3,(H2,19,22,23)/t14-/m0/s1. The SMILES string of the molecule is Cc1ccc(C(=O)N(C)[C@@H](C)c2cccc(S(N)(=O)=O)c2)cc1C. The van der Waals surface area contributed by atoms with Crippen molar-refractivity contribution in [3.05, 3.63) is 64.7 Å². The molecular formula is C18H22N2O3S. The lowest BCUT2D eigenvalue weighted by atomic mass is 10.0. The summed E-state index contributed by atoms with van der Waals surface area (Å²) in [5.74, 6) is -0.119. The Balaban J connectivity index is 2.30. The number of aryl methyl sites for hydroxylation is 2. The number of primary sulfonamides is 1.